The minimum Gasteiger partial charge on any atom is -0.396 e. The van der Waals surface area contributed by atoms with Crippen LogP contribution in [0.5, 0.6) is 0 Å². The Hall–Kier alpha value is -0.870. The highest BCUT2D eigenvalue weighted by atomic mass is 16.3. The molecule has 92 valence electrons. The van der Waals surface area contributed by atoms with Crippen molar-refractivity contribution in [2.24, 2.45) is 5.41 Å². The maximum atomic E-state index is 11.5. The van der Waals surface area contributed by atoms with E-state index in [2.05, 4.69) is 17.2 Å². The molecule has 0 aromatic heterocycles. The van der Waals surface area contributed by atoms with Crippen LogP contribution in [0.3, 0.4) is 0 Å². The van der Waals surface area contributed by atoms with Crippen molar-refractivity contribution >= 4 is 5.91 Å². The summed E-state index contributed by atoms with van der Waals surface area (Å²) in [7, 11) is 0. The third-order valence-electron chi connectivity index (χ3n) is 3.20. The monoisotopic (exact) mass is 226 g/mol. The maximum absolute atomic E-state index is 11.5. The molecule has 1 amide bonds. The number of carbonyl (C=O) groups excluding carboxylic acids is 1. The van der Waals surface area contributed by atoms with Crippen molar-refractivity contribution in [1.82, 2.24) is 10.6 Å². The quantitative estimate of drug-likeness (QED) is 0.526. The molecule has 0 aromatic rings. The van der Waals surface area contributed by atoms with Crippen molar-refractivity contribution in [1.29, 1.82) is 0 Å². The Morgan fingerprint density at radius 1 is 1.62 bits per heavy atom. The van der Waals surface area contributed by atoms with Crippen molar-refractivity contribution in [3.8, 4) is 0 Å². The van der Waals surface area contributed by atoms with E-state index in [1.165, 1.54) is 0 Å². The minimum atomic E-state index is -0.184. The molecule has 0 radical (unpaired) electrons. The van der Waals surface area contributed by atoms with Crippen LogP contribution in [0.15, 0.2) is 12.7 Å². The Labute approximate surface area is 97.1 Å². The van der Waals surface area contributed by atoms with Gasteiger partial charge >= 0.3 is 0 Å². The average Bonchev–Trinajstić information content (AvgIpc) is 3.03. The topological polar surface area (TPSA) is 61.4 Å². The minimum absolute atomic E-state index is 0.000279. The van der Waals surface area contributed by atoms with Gasteiger partial charge in [-0.1, -0.05) is 6.08 Å². The third kappa shape index (κ3) is 3.94. The fraction of sp³-hybridized carbons (Fsp3) is 0.750. The molecule has 1 atom stereocenters. The number of aliphatic hydroxyl groups is 1. The summed E-state index contributed by atoms with van der Waals surface area (Å²) in [5.74, 6) is -0.000279. The number of amides is 1. The molecular formula is C12H22N2O2. The van der Waals surface area contributed by atoms with E-state index in [9.17, 15) is 4.79 Å². The molecule has 1 aliphatic rings. The van der Waals surface area contributed by atoms with E-state index >= 15 is 0 Å². The first kappa shape index (κ1) is 13.2. The van der Waals surface area contributed by atoms with E-state index in [1.54, 1.807) is 6.08 Å². The van der Waals surface area contributed by atoms with E-state index in [0.29, 0.717) is 6.54 Å². The van der Waals surface area contributed by atoms with Gasteiger partial charge in [-0.15, -0.1) is 6.58 Å². The summed E-state index contributed by atoms with van der Waals surface area (Å²) >= 11 is 0. The summed E-state index contributed by atoms with van der Waals surface area (Å²) < 4.78 is 0. The highest BCUT2D eigenvalue weighted by Gasteiger charge is 2.41. The number of carbonyl (C=O) groups is 1. The smallest absolute Gasteiger partial charge is 0.237 e. The summed E-state index contributed by atoms with van der Waals surface area (Å²) in [5.41, 5.74) is 0.252. The summed E-state index contributed by atoms with van der Waals surface area (Å²) in [6.07, 6.45) is 4.81. The SMILES string of the molecule is C=CCNC(=O)C(C)NCC1(CCO)CC1. The van der Waals surface area contributed by atoms with Gasteiger partial charge in [0.2, 0.25) is 5.91 Å². The number of aliphatic hydroxyl groups excluding tert-OH is 1. The van der Waals surface area contributed by atoms with Crippen LogP contribution in [0.1, 0.15) is 26.2 Å². The zero-order chi connectivity index (χ0) is 12.0. The van der Waals surface area contributed by atoms with Gasteiger partial charge in [-0.05, 0) is 31.6 Å². The van der Waals surface area contributed by atoms with Gasteiger partial charge in [0.25, 0.3) is 0 Å². The van der Waals surface area contributed by atoms with Crippen LogP contribution in [0, 0.1) is 5.41 Å². The molecule has 16 heavy (non-hydrogen) atoms. The van der Waals surface area contributed by atoms with Gasteiger partial charge in [-0.25, -0.2) is 0 Å². The zero-order valence-corrected chi connectivity index (χ0v) is 9.96. The Bertz CT molecular complexity index is 249. The van der Waals surface area contributed by atoms with E-state index < -0.39 is 0 Å². The summed E-state index contributed by atoms with van der Waals surface area (Å²) in [4.78, 5) is 11.5. The fourth-order valence-corrected chi connectivity index (χ4v) is 1.72. The standard InChI is InChI=1S/C12H22N2O2/c1-3-7-13-11(16)10(2)14-9-12(4-5-12)6-8-15/h3,10,14-15H,1,4-9H2,2H3,(H,13,16). The molecule has 0 aromatic carbocycles. The van der Waals surface area contributed by atoms with E-state index in [0.717, 1.165) is 25.8 Å². The van der Waals surface area contributed by atoms with Gasteiger partial charge in [0.1, 0.15) is 0 Å². The summed E-state index contributed by atoms with van der Waals surface area (Å²) in [6.45, 7) is 6.96. The van der Waals surface area contributed by atoms with Crippen LogP contribution >= 0.6 is 0 Å². The van der Waals surface area contributed by atoms with E-state index in [-0.39, 0.29) is 24.0 Å². The predicted octanol–water partition coefficient (Wildman–Crippen LogP) is 0.429. The second kappa shape index (κ2) is 6.01. The first-order valence-corrected chi connectivity index (χ1v) is 5.86. The van der Waals surface area contributed by atoms with Crippen LogP contribution in [0.25, 0.3) is 0 Å². The Morgan fingerprint density at radius 3 is 2.81 bits per heavy atom. The fourth-order valence-electron chi connectivity index (χ4n) is 1.72. The molecule has 1 fully saturated rings. The number of nitrogens with one attached hydrogen (secondary N) is 2. The molecule has 4 nitrogen and oxygen atoms in total. The molecule has 1 saturated carbocycles. The normalized spacial score (nSPS) is 18.9. The largest absolute Gasteiger partial charge is 0.396 e. The molecule has 0 spiro atoms. The first-order valence-electron chi connectivity index (χ1n) is 5.86. The highest BCUT2D eigenvalue weighted by molar-refractivity contribution is 5.81. The first-order chi connectivity index (χ1) is 7.63. The van der Waals surface area contributed by atoms with Crippen molar-refractivity contribution in [2.45, 2.75) is 32.2 Å². The lowest BCUT2D eigenvalue weighted by molar-refractivity contribution is -0.122. The number of rotatable bonds is 8. The molecule has 0 aliphatic heterocycles. The van der Waals surface area contributed by atoms with Crippen molar-refractivity contribution in [3.05, 3.63) is 12.7 Å². The Balaban J connectivity index is 2.21. The van der Waals surface area contributed by atoms with Gasteiger partial charge < -0.3 is 15.7 Å². The average molecular weight is 226 g/mol. The molecule has 4 heteroatoms. The summed E-state index contributed by atoms with van der Waals surface area (Å²) in [6, 6.07) is -0.184. The van der Waals surface area contributed by atoms with Crippen molar-refractivity contribution in [3.63, 3.8) is 0 Å². The van der Waals surface area contributed by atoms with Crippen LogP contribution in [0.2, 0.25) is 0 Å². The van der Waals surface area contributed by atoms with Crippen molar-refractivity contribution < 1.29 is 9.90 Å². The van der Waals surface area contributed by atoms with Crippen LogP contribution in [-0.2, 0) is 4.79 Å². The van der Waals surface area contributed by atoms with E-state index in [1.807, 2.05) is 6.92 Å². The predicted molar refractivity (Wildman–Crippen MR) is 64.0 cm³/mol. The van der Waals surface area contributed by atoms with Gasteiger partial charge in [0, 0.05) is 19.7 Å². The molecule has 1 rings (SSSR count). The Kier molecular flexibility index (Phi) is 4.96. The van der Waals surface area contributed by atoms with Gasteiger partial charge in [0.05, 0.1) is 6.04 Å². The van der Waals surface area contributed by atoms with Gasteiger partial charge in [-0.3, -0.25) is 4.79 Å². The lowest BCUT2D eigenvalue weighted by atomic mass is 10.0. The number of hydrogen-bond donors (Lipinski definition) is 3. The maximum Gasteiger partial charge on any atom is 0.237 e. The second-order valence-corrected chi connectivity index (χ2v) is 4.61. The van der Waals surface area contributed by atoms with Crippen LogP contribution in [-0.4, -0.2) is 36.8 Å². The highest BCUT2D eigenvalue weighted by Crippen LogP contribution is 2.47. The zero-order valence-electron chi connectivity index (χ0n) is 9.96. The van der Waals surface area contributed by atoms with Gasteiger partial charge in [0.15, 0.2) is 0 Å². The molecule has 1 unspecified atom stereocenters. The molecule has 1 aliphatic carbocycles. The van der Waals surface area contributed by atoms with Crippen LogP contribution in [0.4, 0.5) is 0 Å². The lowest BCUT2D eigenvalue weighted by Gasteiger charge is -2.18. The molecule has 0 saturated heterocycles. The Morgan fingerprint density at radius 2 is 2.31 bits per heavy atom. The summed E-state index contributed by atoms with van der Waals surface area (Å²) in [5, 5.41) is 14.9. The van der Waals surface area contributed by atoms with E-state index in [4.69, 9.17) is 5.11 Å². The molecular weight excluding hydrogens is 204 g/mol. The molecule has 0 heterocycles. The molecule has 3 N–H and O–H groups in total. The van der Waals surface area contributed by atoms with Crippen molar-refractivity contribution in [2.75, 3.05) is 19.7 Å². The molecule has 0 bridgehead atoms. The lowest BCUT2D eigenvalue weighted by Crippen LogP contribution is -2.44. The third-order valence-corrected chi connectivity index (χ3v) is 3.20. The second-order valence-electron chi connectivity index (χ2n) is 4.61. The number of hydrogen-bond acceptors (Lipinski definition) is 3. The van der Waals surface area contributed by atoms with Gasteiger partial charge in [-0.2, -0.15) is 0 Å². The van der Waals surface area contributed by atoms with Crippen LogP contribution < -0.4 is 10.6 Å².